The van der Waals surface area contributed by atoms with E-state index in [2.05, 4.69) is 15.9 Å². The standard InChI is InChI=1S/C27H22BrNO3/c1-16-9-11-20(12-10-16)26(30)18(3)32-27(31)23-15-24(19-7-5-4-6-8-19)29-25-17(2)13-21(28)14-22(23)25/h4-15,18H,1-3H3/t18-/m0/s1. The van der Waals surface area contributed by atoms with Crippen LogP contribution < -0.4 is 0 Å². The lowest BCUT2D eigenvalue weighted by molar-refractivity contribution is 0.0320. The van der Waals surface area contributed by atoms with Crippen LogP contribution in [0.4, 0.5) is 0 Å². The summed E-state index contributed by atoms with van der Waals surface area (Å²) in [6, 6.07) is 22.4. The maximum absolute atomic E-state index is 13.2. The highest BCUT2D eigenvalue weighted by Crippen LogP contribution is 2.30. The number of benzene rings is 3. The number of rotatable bonds is 5. The Balaban J connectivity index is 1.74. The number of ketones is 1. The molecule has 0 bridgehead atoms. The quantitative estimate of drug-likeness (QED) is 0.232. The highest BCUT2D eigenvalue weighted by atomic mass is 79.9. The molecule has 0 amide bonds. The number of aryl methyl sites for hydroxylation is 2. The molecule has 0 fully saturated rings. The minimum atomic E-state index is -0.915. The third kappa shape index (κ3) is 4.48. The van der Waals surface area contributed by atoms with Crippen molar-refractivity contribution < 1.29 is 14.3 Å². The maximum Gasteiger partial charge on any atom is 0.339 e. The number of carbonyl (C=O) groups excluding carboxylic acids is 2. The van der Waals surface area contributed by atoms with E-state index in [9.17, 15) is 9.59 Å². The molecule has 4 nitrogen and oxygen atoms in total. The van der Waals surface area contributed by atoms with Gasteiger partial charge in [-0.15, -0.1) is 0 Å². The highest BCUT2D eigenvalue weighted by molar-refractivity contribution is 9.10. The van der Waals surface area contributed by atoms with Crippen LogP contribution in [0.3, 0.4) is 0 Å². The monoisotopic (exact) mass is 487 g/mol. The van der Waals surface area contributed by atoms with Gasteiger partial charge in [0.25, 0.3) is 0 Å². The first kappa shape index (κ1) is 21.9. The van der Waals surface area contributed by atoms with Gasteiger partial charge in [-0.3, -0.25) is 4.79 Å². The number of fused-ring (bicyclic) bond motifs is 1. The number of hydrogen-bond acceptors (Lipinski definition) is 4. The molecule has 0 aliphatic heterocycles. The zero-order valence-electron chi connectivity index (χ0n) is 18.1. The normalized spacial score (nSPS) is 11.9. The number of nitrogens with zero attached hydrogens (tertiary/aromatic N) is 1. The molecule has 0 radical (unpaired) electrons. The van der Waals surface area contributed by atoms with Crippen LogP contribution >= 0.6 is 15.9 Å². The van der Waals surface area contributed by atoms with E-state index in [1.54, 1.807) is 25.1 Å². The summed E-state index contributed by atoms with van der Waals surface area (Å²) in [7, 11) is 0. The van der Waals surface area contributed by atoms with Gasteiger partial charge in [0.1, 0.15) is 0 Å². The van der Waals surface area contributed by atoms with Crippen LogP contribution in [-0.2, 0) is 4.74 Å². The minimum absolute atomic E-state index is 0.239. The third-order valence-corrected chi connectivity index (χ3v) is 5.81. The number of carbonyl (C=O) groups is 2. The van der Waals surface area contributed by atoms with Crippen molar-refractivity contribution in [2.75, 3.05) is 0 Å². The fourth-order valence-electron chi connectivity index (χ4n) is 3.61. The molecule has 4 rings (SSSR count). The molecule has 0 N–H and O–H groups in total. The van der Waals surface area contributed by atoms with E-state index >= 15 is 0 Å². The van der Waals surface area contributed by atoms with E-state index in [1.165, 1.54) is 0 Å². The first-order valence-electron chi connectivity index (χ1n) is 10.3. The Hall–Kier alpha value is -3.31. The van der Waals surface area contributed by atoms with Crippen molar-refractivity contribution in [3.05, 3.63) is 99.5 Å². The van der Waals surface area contributed by atoms with E-state index in [0.29, 0.717) is 22.2 Å². The molecule has 0 spiro atoms. The summed E-state index contributed by atoms with van der Waals surface area (Å²) < 4.78 is 6.47. The van der Waals surface area contributed by atoms with Crippen molar-refractivity contribution in [2.24, 2.45) is 0 Å². The van der Waals surface area contributed by atoms with E-state index in [-0.39, 0.29) is 5.78 Å². The Morgan fingerprint density at radius 3 is 2.31 bits per heavy atom. The second kappa shape index (κ2) is 9.05. The van der Waals surface area contributed by atoms with Gasteiger partial charge < -0.3 is 4.74 Å². The van der Waals surface area contributed by atoms with E-state index in [0.717, 1.165) is 26.7 Å². The molecule has 5 heteroatoms. The number of Topliss-reactive ketones (excluding diaryl/α,β-unsaturated/α-hetero) is 1. The molecule has 160 valence electrons. The van der Waals surface area contributed by atoms with E-state index in [1.807, 2.05) is 68.4 Å². The number of esters is 1. The average Bonchev–Trinajstić information content (AvgIpc) is 2.79. The smallest absolute Gasteiger partial charge is 0.339 e. The molecule has 0 unspecified atom stereocenters. The van der Waals surface area contributed by atoms with Crippen molar-refractivity contribution in [2.45, 2.75) is 26.9 Å². The fourth-order valence-corrected chi connectivity index (χ4v) is 4.18. The number of hydrogen-bond donors (Lipinski definition) is 0. The van der Waals surface area contributed by atoms with Crippen LogP contribution in [0.1, 0.15) is 38.8 Å². The average molecular weight is 488 g/mol. The Morgan fingerprint density at radius 2 is 1.62 bits per heavy atom. The molecule has 0 saturated carbocycles. The summed E-state index contributed by atoms with van der Waals surface area (Å²) >= 11 is 3.51. The van der Waals surface area contributed by atoms with Gasteiger partial charge in [0.05, 0.1) is 16.8 Å². The second-order valence-corrected chi connectivity index (χ2v) is 8.73. The van der Waals surface area contributed by atoms with Crippen LogP contribution in [0.5, 0.6) is 0 Å². The third-order valence-electron chi connectivity index (χ3n) is 5.35. The summed E-state index contributed by atoms with van der Waals surface area (Å²) in [5.41, 5.74) is 5.18. The summed E-state index contributed by atoms with van der Waals surface area (Å²) in [6.45, 7) is 5.51. The second-order valence-electron chi connectivity index (χ2n) is 7.82. The molecule has 0 aliphatic rings. The lowest BCUT2D eigenvalue weighted by atomic mass is 10.0. The van der Waals surface area contributed by atoms with Crippen LogP contribution in [0.25, 0.3) is 22.2 Å². The number of pyridine rings is 1. The summed E-state index contributed by atoms with van der Waals surface area (Å²) in [5.74, 6) is -0.794. The topological polar surface area (TPSA) is 56.3 Å². The predicted octanol–water partition coefficient (Wildman–Crippen LogP) is 6.71. The minimum Gasteiger partial charge on any atom is -0.451 e. The molecule has 3 aromatic carbocycles. The zero-order chi connectivity index (χ0) is 22.8. The molecule has 0 saturated heterocycles. The van der Waals surface area contributed by atoms with Gasteiger partial charge in [-0.25, -0.2) is 9.78 Å². The number of aromatic nitrogens is 1. The summed E-state index contributed by atoms with van der Waals surface area (Å²) in [6.07, 6.45) is -0.915. The summed E-state index contributed by atoms with van der Waals surface area (Å²) in [4.78, 5) is 30.8. The Labute approximate surface area is 195 Å². The van der Waals surface area contributed by atoms with Gasteiger partial charge in [0, 0.05) is 21.0 Å². The van der Waals surface area contributed by atoms with E-state index < -0.39 is 12.1 Å². The lowest BCUT2D eigenvalue weighted by Crippen LogP contribution is -2.24. The van der Waals surface area contributed by atoms with Crippen molar-refractivity contribution in [3.8, 4) is 11.3 Å². The van der Waals surface area contributed by atoms with Crippen LogP contribution in [-0.4, -0.2) is 22.8 Å². The van der Waals surface area contributed by atoms with Gasteiger partial charge >= 0.3 is 5.97 Å². The Kier molecular flexibility index (Phi) is 6.19. The largest absolute Gasteiger partial charge is 0.451 e. The lowest BCUT2D eigenvalue weighted by Gasteiger charge is -2.15. The molecular formula is C27H22BrNO3. The van der Waals surface area contributed by atoms with Gasteiger partial charge in [0.2, 0.25) is 5.78 Å². The van der Waals surface area contributed by atoms with Crippen molar-refractivity contribution in [1.82, 2.24) is 4.98 Å². The molecule has 32 heavy (non-hydrogen) atoms. The number of halogens is 1. The van der Waals surface area contributed by atoms with E-state index in [4.69, 9.17) is 9.72 Å². The molecule has 0 aliphatic carbocycles. The Bertz CT molecular complexity index is 1310. The molecular weight excluding hydrogens is 466 g/mol. The predicted molar refractivity (Wildman–Crippen MR) is 130 cm³/mol. The highest BCUT2D eigenvalue weighted by Gasteiger charge is 2.23. The van der Waals surface area contributed by atoms with Gasteiger partial charge in [-0.05, 0) is 44.5 Å². The van der Waals surface area contributed by atoms with Crippen molar-refractivity contribution >= 4 is 38.6 Å². The molecule has 4 aromatic rings. The van der Waals surface area contributed by atoms with Crippen LogP contribution in [0, 0.1) is 13.8 Å². The molecule has 1 heterocycles. The SMILES string of the molecule is Cc1ccc(C(=O)[C@H](C)OC(=O)c2cc(-c3ccccc3)nc3c(C)cc(Br)cc23)cc1. The summed E-state index contributed by atoms with van der Waals surface area (Å²) in [5, 5.41) is 0.677. The first-order chi connectivity index (χ1) is 15.3. The molecule has 1 atom stereocenters. The zero-order valence-corrected chi connectivity index (χ0v) is 19.6. The van der Waals surface area contributed by atoms with Crippen molar-refractivity contribution in [3.63, 3.8) is 0 Å². The van der Waals surface area contributed by atoms with Crippen LogP contribution in [0.15, 0.2) is 77.3 Å². The van der Waals surface area contributed by atoms with Crippen molar-refractivity contribution in [1.29, 1.82) is 0 Å². The Morgan fingerprint density at radius 1 is 0.938 bits per heavy atom. The maximum atomic E-state index is 13.2. The van der Waals surface area contributed by atoms with Gasteiger partial charge in [-0.1, -0.05) is 76.1 Å². The van der Waals surface area contributed by atoms with Crippen LogP contribution in [0.2, 0.25) is 0 Å². The molecule has 1 aromatic heterocycles. The first-order valence-corrected chi connectivity index (χ1v) is 11.1. The fraction of sp³-hybridized carbons (Fsp3) is 0.148. The van der Waals surface area contributed by atoms with Gasteiger partial charge in [0.15, 0.2) is 6.10 Å². The van der Waals surface area contributed by atoms with Gasteiger partial charge in [-0.2, -0.15) is 0 Å². The number of ether oxygens (including phenoxy) is 1.